The predicted octanol–water partition coefficient (Wildman–Crippen LogP) is 3.01. The Hall–Kier alpha value is -3.09. The van der Waals surface area contributed by atoms with Gasteiger partial charge in [-0.3, -0.25) is 0 Å². The third-order valence-corrected chi connectivity index (χ3v) is 3.44. The van der Waals surface area contributed by atoms with E-state index in [0.717, 1.165) is 0 Å². The van der Waals surface area contributed by atoms with Crippen molar-refractivity contribution in [3.8, 4) is 23.0 Å². The molecule has 1 aliphatic rings. The molecule has 0 aliphatic carbocycles. The van der Waals surface area contributed by atoms with Crippen molar-refractivity contribution in [2.24, 2.45) is 0 Å². The molecule has 0 fully saturated rings. The van der Waals surface area contributed by atoms with Gasteiger partial charge in [0.1, 0.15) is 18.1 Å². The summed E-state index contributed by atoms with van der Waals surface area (Å²) >= 11 is 0. The lowest BCUT2D eigenvalue weighted by Gasteiger charge is -2.12. The number of nitrogens with one attached hydrogen (secondary N) is 2. The highest BCUT2D eigenvalue weighted by Crippen LogP contribution is 2.35. The lowest BCUT2D eigenvalue weighted by atomic mass is 10.3. The van der Waals surface area contributed by atoms with E-state index in [1.807, 2.05) is 25.1 Å². The van der Waals surface area contributed by atoms with Crippen molar-refractivity contribution >= 4 is 11.7 Å². The number of hydrogen-bond acceptors (Lipinski definition) is 5. The number of fused-ring (bicyclic) bond motifs is 1. The Morgan fingerprint density at radius 2 is 1.96 bits per heavy atom. The Morgan fingerprint density at radius 3 is 2.84 bits per heavy atom. The highest BCUT2D eigenvalue weighted by atomic mass is 16.7. The molecule has 7 heteroatoms. The number of para-hydroxylation sites is 2. The van der Waals surface area contributed by atoms with E-state index in [-0.39, 0.29) is 12.8 Å². The largest absolute Gasteiger partial charge is 0.492 e. The summed E-state index contributed by atoms with van der Waals surface area (Å²) < 4.78 is 21.6. The van der Waals surface area contributed by atoms with E-state index in [0.29, 0.717) is 48.4 Å². The van der Waals surface area contributed by atoms with Crippen LogP contribution < -0.4 is 29.6 Å². The van der Waals surface area contributed by atoms with Crippen LogP contribution in [0, 0.1) is 0 Å². The van der Waals surface area contributed by atoms with Gasteiger partial charge in [0, 0.05) is 6.07 Å². The number of carbonyl (C=O) groups is 1. The van der Waals surface area contributed by atoms with Gasteiger partial charge < -0.3 is 29.6 Å². The molecule has 2 amide bonds. The fourth-order valence-electron chi connectivity index (χ4n) is 2.32. The van der Waals surface area contributed by atoms with Gasteiger partial charge in [0.2, 0.25) is 6.79 Å². The SMILES string of the molecule is CCOc1ccccc1NC(=O)NCCOc1ccc2c(c1)OCO2. The molecular formula is C18H20N2O5. The van der Waals surface area contributed by atoms with E-state index in [4.69, 9.17) is 18.9 Å². The van der Waals surface area contributed by atoms with E-state index >= 15 is 0 Å². The average Bonchev–Trinajstić information content (AvgIpc) is 3.08. The summed E-state index contributed by atoms with van der Waals surface area (Å²) in [6.45, 7) is 3.34. The summed E-state index contributed by atoms with van der Waals surface area (Å²) in [7, 11) is 0. The molecule has 0 unspecified atom stereocenters. The zero-order valence-corrected chi connectivity index (χ0v) is 13.9. The molecular weight excluding hydrogens is 324 g/mol. The van der Waals surface area contributed by atoms with Crippen molar-refractivity contribution in [3.63, 3.8) is 0 Å². The lowest BCUT2D eigenvalue weighted by molar-refractivity contribution is 0.173. The van der Waals surface area contributed by atoms with Gasteiger partial charge in [-0.15, -0.1) is 0 Å². The number of benzene rings is 2. The Labute approximate surface area is 145 Å². The summed E-state index contributed by atoms with van der Waals surface area (Å²) in [5.74, 6) is 2.67. The van der Waals surface area contributed by atoms with Crippen LogP contribution in [0.15, 0.2) is 42.5 Å². The third-order valence-electron chi connectivity index (χ3n) is 3.44. The van der Waals surface area contributed by atoms with E-state index in [9.17, 15) is 4.79 Å². The smallest absolute Gasteiger partial charge is 0.319 e. The Bertz CT molecular complexity index is 735. The molecule has 1 heterocycles. The first-order valence-corrected chi connectivity index (χ1v) is 8.05. The van der Waals surface area contributed by atoms with E-state index in [1.54, 1.807) is 24.3 Å². The number of anilines is 1. The molecule has 0 radical (unpaired) electrons. The van der Waals surface area contributed by atoms with Gasteiger partial charge in [-0.25, -0.2) is 4.79 Å². The maximum atomic E-state index is 12.0. The Balaban J connectivity index is 1.42. The van der Waals surface area contributed by atoms with Crippen molar-refractivity contribution in [1.29, 1.82) is 0 Å². The molecule has 2 aromatic rings. The number of ether oxygens (including phenoxy) is 4. The maximum Gasteiger partial charge on any atom is 0.319 e. The predicted molar refractivity (Wildman–Crippen MR) is 92.7 cm³/mol. The van der Waals surface area contributed by atoms with Crippen LogP contribution >= 0.6 is 0 Å². The van der Waals surface area contributed by atoms with Crippen LogP contribution in [0.25, 0.3) is 0 Å². The molecule has 0 aromatic heterocycles. The van der Waals surface area contributed by atoms with Gasteiger partial charge in [-0.2, -0.15) is 0 Å². The summed E-state index contributed by atoms with van der Waals surface area (Å²) in [6, 6.07) is 12.3. The first kappa shape index (κ1) is 16.8. The number of urea groups is 1. The van der Waals surface area contributed by atoms with Crippen LogP contribution in [-0.4, -0.2) is 32.6 Å². The molecule has 2 aromatic carbocycles. The maximum absolute atomic E-state index is 12.0. The van der Waals surface area contributed by atoms with Crippen LogP contribution in [0.1, 0.15) is 6.92 Å². The standard InChI is InChI=1S/C18H20N2O5/c1-2-22-15-6-4-3-5-14(15)20-18(21)19-9-10-23-13-7-8-16-17(11-13)25-12-24-16/h3-8,11H,2,9-10,12H2,1H3,(H2,19,20,21). The van der Waals surface area contributed by atoms with Crippen molar-refractivity contribution in [2.75, 3.05) is 31.9 Å². The topological polar surface area (TPSA) is 78.1 Å². The van der Waals surface area contributed by atoms with Gasteiger partial charge in [0.05, 0.1) is 18.8 Å². The van der Waals surface area contributed by atoms with Crippen LogP contribution in [0.3, 0.4) is 0 Å². The molecule has 0 atom stereocenters. The molecule has 132 valence electrons. The Morgan fingerprint density at radius 1 is 1.12 bits per heavy atom. The minimum absolute atomic E-state index is 0.226. The highest BCUT2D eigenvalue weighted by Gasteiger charge is 2.13. The molecule has 0 saturated carbocycles. The molecule has 3 rings (SSSR count). The number of hydrogen-bond donors (Lipinski definition) is 2. The summed E-state index contributed by atoms with van der Waals surface area (Å²) in [5.41, 5.74) is 0.624. The zero-order valence-electron chi connectivity index (χ0n) is 13.9. The quantitative estimate of drug-likeness (QED) is 0.755. The number of carbonyl (C=O) groups excluding carboxylic acids is 1. The lowest BCUT2D eigenvalue weighted by Crippen LogP contribution is -2.32. The van der Waals surface area contributed by atoms with Gasteiger partial charge in [0.15, 0.2) is 11.5 Å². The van der Waals surface area contributed by atoms with Crippen molar-refractivity contribution in [1.82, 2.24) is 5.32 Å². The van der Waals surface area contributed by atoms with Gasteiger partial charge in [-0.1, -0.05) is 12.1 Å². The molecule has 0 saturated heterocycles. The van der Waals surface area contributed by atoms with Crippen LogP contribution in [-0.2, 0) is 0 Å². The highest BCUT2D eigenvalue weighted by molar-refractivity contribution is 5.90. The normalized spacial score (nSPS) is 11.7. The molecule has 0 bridgehead atoms. The molecule has 7 nitrogen and oxygen atoms in total. The van der Waals surface area contributed by atoms with Crippen LogP contribution in [0.5, 0.6) is 23.0 Å². The average molecular weight is 344 g/mol. The fraction of sp³-hybridized carbons (Fsp3) is 0.278. The van der Waals surface area contributed by atoms with E-state index < -0.39 is 0 Å². The van der Waals surface area contributed by atoms with Crippen LogP contribution in [0.2, 0.25) is 0 Å². The van der Waals surface area contributed by atoms with Crippen molar-refractivity contribution in [2.45, 2.75) is 6.92 Å². The summed E-state index contributed by atoms with van der Waals surface area (Å²) in [5, 5.41) is 5.50. The third kappa shape index (κ3) is 4.47. The van der Waals surface area contributed by atoms with Crippen molar-refractivity contribution < 1.29 is 23.7 Å². The van der Waals surface area contributed by atoms with Gasteiger partial charge >= 0.3 is 6.03 Å². The van der Waals surface area contributed by atoms with Gasteiger partial charge in [0.25, 0.3) is 0 Å². The zero-order chi connectivity index (χ0) is 17.5. The second-order valence-electron chi connectivity index (χ2n) is 5.17. The van der Waals surface area contributed by atoms with E-state index in [2.05, 4.69) is 10.6 Å². The van der Waals surface area contributed by atoms with Crippen LogP contribution in [0.4, 0.5) is 10.5 Å². The van der Waals surface area contributed by atoms with Gasteiger partial charge in [-0.05, 0) is 31.2 Å². The second-order valence-corrected chi connectivity index (χ2v) is 5.17. The fourth-order valence-corrected chi connectivity index (χ4v) is 2.32. The molecule has 0 spiro atoms. The van der Waals surface area contributed by atoms with E-state index in [1.165, 1.54) is 0 Å². The molecule has 1 aliphatic heterocycles. The molecule has 25 heavy (non-hydrogen) atoms. The first-order chi connectivity index (χ1) is 12.3. The second kappa shape index (κ2) is 8.14. The summed E-state index contributed by atoms with van der Waals surface area (Å²) in [6.07, 6.45) is 0. The number of amides is 2. The number of rotatable bonds is 7. The monoisotopic (exact) mass is 344 g/mol. The Kier molecular flexibility index (Phi) is 5.46. The minimum Gasteiger partial charge on any atom is -0.492 e. The summed E-state index contributed by atoms with van der Waals surface area (Å²) in [4.78, 5) is 12.0. The minimum atomic E-state index is -0.318. The van der Waals surface area contributed by atoms with Crippen molar-refractivity contribution in [3.05, 3.63) is 42.5 Å². The first-order valence-electron chi connectivity index (χ1n) is 8.05. The molecule has 2 N–H and O–H groups in total.